The highest BCUT2D eigenvalue weighted by molar-refractivity contribution is 6.35. The fourth-order valence-corrected chi connectivity index (χ4v) is 5.88. The molecular formula is C28H30Cl2N2. The second-order valence-corrected chi connectivity index (χ2v) is 9.60. The Morgan fingerprint density at radius 3 is 1.59 bits per heavy atom. The highest BCUT2D eigenvalue weighted by Crippen LogP contribution is 2.43. The van der Waals surface area contributed by atoms with Gasteiger partial charge in [0.05, 0.1) is 5.03 Å². The third-order valence-electron chi connectivity index (χ3n) is 6.35. The van der Waals surface area contributed by atoms with Crippen LogP contribution in [-0.4, -0.2) is 13.1 Å². The summed E-state index contributed by atoms with van der Waals surface area (Å²) in [5.41, 5.74) is 12.0. The second-order valence-electron chi connectivity index (χ2n) is 9.03. The molecule has 0 spiro atoms. The van der Waals surface area contributed by atoms with Crippen LogP contribution in [0.25, 0.3) is 0 Å². The maximum absolute atomic E-state index is 6.91. The molecule has 2 aliphatic rings. The minimum absolute atomic E-state index is 0.680. The summed E-state index contributed by atoms with van der Waals surface area (Å²) in [6.45, 7) is 14.9. The Morgan fingerprint density at radius 1 is 0.750 bits per heavy atom. The fourth-order valence-electron chi connectivity index (χ4n) is 5.40. The molecule has 1 heterocycles. The van der Waals surface area contributed by atoms with Gasteiger partial charge in [-0.15, -0.1) is 11.6 Å². The van der Waals surface area contributed by atoms with Crippen LogP contribution in [-0.2, 0) is 0 Å². The maximum atomic E-state index is 6.91. The summed E-state index contributed by atoms with van der Waals surface area (Å²) < 4.78 is 0. The van der Waals surface area contributed by atoms with Crippen molar-refractivity contribution in [1.82, 2.24) is 0 Å². The van der Waals surface area contributed by atoms with Gasteiger partial charge in [-0.2, -0.15) is 0 Å². The summed E-state index contributed by atoms with van der Waals surface area (Å²) in [6, 6.07) is 9.05. The summed E-state index contributed by atoms with van der Waals surface area (Å²) in [5.74, 6) is 3.89. The highest BCUT2D eigenvalue weighted by Gasteiger charge is 2.34. The van der Waals surface area contributed by atoms with Gasteiger partial charge < -0.3 is 9.80 Å². The summed E-state index contributed by atoms with van der Waals surface area (Å²) in [4.78, 5) is 4.90. The SMILES string of the molecule is Cc1cc(C)c(N2CCN(c3c(C)cc(C)cc3C)C2=C2CC=CC([C]Cl)=C2Cl)c(C)c1. The normalized spacial score (nSPS) is 16.6. The molecule has 166 valence electrons. The van der Waals surface area contributed by atoms with E-state index < -0.39 is 0 Å². The Kier molecular flexibility index (Phi) is 6.47. The summed E-state index contributed by atoms with van der Waals surface area (Å²) in [6.07, 6.45) is 4.84. The van der Waals surface area contributed by atoms with Crippen LogP contribution in [0.3, 0.4) is 0 Å². The average Bonchev–Trinajstić information content (AvgIpc) is 3.10. The van der Waals surface area contributed by atoms with Crippen LogP contribution in [0.2, 0.25) is 0 Å². The van der Waals surface area contributed by atoms with E-state index >= 15 is 0 Å². The molecular weight excluding hydrogens is 435 g/mol. The molecule has 0 unspecified atom stereocenters. The van der Waals surface area contributed by atoms with Crippen molar-refractivity contribution >= 4 is 34.6 Å². The minimum Gasteiger partial charge on any atom is -0.325 e. The molecule has 32 heavy (non-hydrogen) atoms. The van der Waals surface area contributed by atoms with Gasteiger partial charge in [-0.25, -0.2) is 0 Å². The number of aryl methyl sites for hydroxylation is 6. The molecule has 0 atom stereocenters. The van der Waals surface area contributed by atoms with Crippen molar-refractivity contribution in [3.05, 3.63) is 97.7 Å². The Morgan fingerprint density at radius 2 is 1.19 bits per heavy atom. The number of hydrogen-bond acceptors (Lipinski definition) is 2. The summed E-state index contributed by atoms with van der Waals surface area (Å²) >= 11 is 12.9. The molecule has 0 amide bonds. The van der Waals surface area contributed by atoms with Gasteiger partial charge in [-0.05, 0) is 75.8 Å². The molecule has 0 saturated carbocycles. The smallest absolute Gasteiger partial charge is 0.122 e. The molecule has 1 saturated heterocycles. The lowest BCUT2D eigenvalue weighted by atomic mass is 9.99. The molecule has 1 aliphatic heterocycles. The molecule has 4 rings (SSSR count). The first-order chi connectivity index (χ1) is 15.2. The summed E-state index contributed by atoms with van der Waals surface area (Å²) in [5, 5.41) is 0.680. The van der Waals surface area contributed by atoms with Crippen LogP contribution in [0, 0.1) is 47.4 Å². The van der Waals surface area contributed by atoms with E-state index in [2.05, 4.69) is 87.6 Å². The van der Waals surface area contributed by atoms with Gasteiger partial charge >= 0.3 is 0 Å². The van der Waals surface area contributed by atoms with Crippen molar-refractivity contribution in [2.24, 2.45) is 0 Å². The number of hydrogen-bond donors (Lipinski definition) is 0. The number of nitrogens with zero attached hydrogens (tertiary/aromatic N) is 2. The van der Waals surface area contributed by atoms with Crippen molar-refractivity contribution in [3.8, 4) is 0 Å². The van der Waals surface area contributed by atoms with Crippen molar-refractivity contribution in [2.45, 2.75) is 48.0 Å². The largest absolute Gasteiger partial charge is 0.325 e. The van der Waals surface area contributed by atoms with E-state index in [1.807, 2.05) is 6.08 Å². The van der Waals surface area contributed by atoms with Crippen molar-refractivity contribution in [3.63, 3.8) is 0 Å². The Bertz CT molecular complexity index is 1060. The second kappa shape index (κ2) is 9.00. The number of allylic oxidation sites excluding steroid dienone is 5. The van der Waals surface area contributed by atoms with Gasteiger partial charge in [0.1, 0.15) is 11.7 Å². The predicted octanol–water partition coefficient (Wildman–Crippen LogP) is 7.81. The average molecular weight is 465 g/mol. The first kappa shape index (κ1) is 23.0. The standard InChI is InChI=1S/C28H30Cl2N2/c1-17-12-19(3)26(20(4)13-17)31-10-11-32(27-21(5)14-18(2)15-22(27)6)28(31)24-9-7-8-23(16-29)25(24)30/h7-8,12-15H,9-11H2,1-6H3. The number of benzene rings is 2. The van der Waals surface area contributed by atoms with Crippen molar-refractivity contribution in [2.75, 3.05) is 22.9 Å². The van der Waals surface area contributed by atoms with Gasteiger partial charge in [0.2, 0.25) is 0 Å². The van der Waals surface area contributed by atoms with E-state index in [9.17, 15) is 0 Å². The van der Waals surface area contributed by atoms with Crippen LogP contribution < -0.4 is 9.80 Å². The zero-order valence-electron chi connectivity index (χ0n) is 19.7. The molecule has 2 nitrogen and oxygen atoms in total. The lowest BCUT2D eigenvalue weighted by Crippen LogP contribution is -2.27. The third-order valence-corrected chi connectivity index (χ3v) is 6.98. The van der Waals surface area contributed by atoms with E-state index in [1.54, 1.807) is 0 Å². The van der Waals surface area contributed by atoms with E-state index in [0.717, 1.165) is 36.5 Å². The van der Waals surface area contributed by atoms with Gasteiger partial charge in [0.15, 0.2) is 0 Å². The van der Waals surface area contributed by atoms with Crippen molar-refractivity contribution in [1.29, 1.82) is 0 Å². The number of rotatable bonds is 3. The van der Waals surface area contributed by atoms with Gasteiger partial charge in [-0.1, -0.05) is 59.1 Å². The first-order valence-corrected chi connectivity index (χ1v) is 11.9. The Hall–Kier alpha value is -2.16. The van der Waals surface area contributed by atoms with E-state index in [0.29, 0.717) is 5.03 Å². The summed E-state index contributed by atoms with van der Waals surface area (Å²) in [7, 11) is 0. The van der Waals surface area contributed by atoms with Crippen molar-refractivity contribution < 1.29 is 0 Å². The zero-order chi connectivity index (χ0) is 23.2. The molecule has 0 aromatic heterocycles. The molecule has 2 aromatic rings. The van der Waals surface area contributed by atoms with Crippen LogP contribution in [0.5, 0.6) is 0 Å². The van der Waals surface area contributed by atoms with Crippen LogP contribution in [0.1, 0.15) is 39.8 Å². The molecule has 2 radical (unpaired) electrons. The van der Waals surface area contributed by atoms with Crippen LogP contribution in [0.15, 0.2) is 58.4 Å². The van der Waals surface area contributed by atoms with Gasteiger partial charge in [-0.3, -0.25) is 0 Å². The van der Waals surface area contributed by atoms with Gasteiger partial charge in [0.25, 0.3) is 0 Å². The molecule has 1 fully saturated rings. The molecule has 1 aliphatic carbocycles. The lowest BCUT2D eigenvalue weighted by molar-refractivity contribution is 1.000. The minimum atomic E-state index is 0.680. The fraction of sp³-hybridized carbons (Fsp3) is 0.321. The Labute approximate surface area is 202 Å². The van der Waals surface area contributed by atoms with E-state index in [4.69, 9.17) is 23.2 Å². The molecule has 0 N–H and O–H groups in total. The monoisotopic (exact) mass is 464 g/mol. The highest BCUT2D eigenvalue weighted by atomic mass is 35.5. The van der Waals surface area contributed by atoms with Crippen LogP contribution in [0.4, 0.5) is 11.4 Å². The van der Waals surface area contributed by atoms with E-state index in [-0.39, 0.29) is 0 Å². The third kappa shape index (κ3) is 4.00. The molecule has 2 aromatic carbocycles. The topological polar surface area (TPSA) is 6.48 Å². The molecule has 4 heteroatoms. The number of anilines is 2. The zero-order valence-corrected chi connectivity index (χ0v) is 21.2. The molecule has 0 bridgehead atoms. The quantitative estimate of drug-likeness (QED) is 0.456. The lowest BCUT2D eigenvalue weighted by Gasteiger charge is -2.32. The van der Waals surface area contributed by atoms with E-state index in [1.165, 1.54) is 44.8 Å². The first-order valence-electron chi connectivity index (χ1n) is 11.1. The van der Waals surface area contributed by atoms with Gasteiger partial charge in [0, 0.05) is 30.0 Å². The van der Waals surface area contributed by atoms with Crippen LogP contribution >= 0.6 is 23.2 Å². The Balaban J connectivity index is 1.98. The number of halogens is 2. The maximum Gasteiger partial charge on any atom is 0.122 e. The predicted molar refractivity (Wildman–Crippen MR) is 139 cm³/mol.